The molecule has 1 saturated heterocycles. The van der Waals surface area contributed by atoms with Crippen LogP contribution in [0.15, 0.2) is 47.7 Å². The van der Waals surface area contributed by atoms with Crippen LogP contribution < -0.4 is 16.0 Å². The molecule has 1 fully saturated rings. The van der Waals surface area contributed by atoms with Crippen molar-refractivity contribution in [3.8, 4) is 0 Å². The first-order chi connectivity index (χ1) is 15.4. The van der Waals surface area contributed by atoms with Gasteiger partial charge in [0.25, 0.3) is 0 Å². The Balaban J connectivity index is 1.57. The number of dihydropyridines is 1. The van der Waals surface area contributed by atoms with E-state index in [0.29, 0.717) is 12.1 Å². The molecule has 7 nitrogen and oxygen atoms in total. The molecule has 1 aromatic rings. The minimum atomic E-state index is -1.05. The zero-order valence-electron chi connectivity index (χ0n) is 18.6. The normalized spacial score (nSPS) is 18.8. The van der Waals surface area contributed by atoms with Gasteiger partial charge in [-0.3, -0.25) is 19.8 Å². The summed E-state index contributed by atoms with van der Waals surface area (Å²) in [4.78, 5) is 26.1. The number of nitrogens with one attached hydrogen (secondary N) is 3. The second-order valence-electron chi connectivity index (χ2n) is 8.37. The molecular formula is C24H33FN4O3. The Morgan fingerprint density at radius 3 is 2.91 bits per heavy atom. The lowest BCUT2D eigenvalue weighted by atomic mass is 9.99. The van der Waals surface area contributed by atoms with Crippen LogP contribution in [0.4, 0.5) is 4.39 Å². The van der Waals surface area contributed by atoms with Gasteiger partial charge in [0.15, 0.2) is 0 Å². The van der Waals surface area contributed by atoms with Crippen molar-refractivity contribution < 1.29 is 19.1 Å². The number of hydrogen-bond acceptors (Lipinski definition) is 5. The lowest BCUT2D eigenvalue weighted by Crippen LogP contribution is -2.48. The SMILES string of the molecule is CCCN(CCC1=CC=C2CCCNC2N1)CC(=O)N[C@@H](CC(=O)O)c1cccc(F)c1. The molecule has 0 radical (unpaired) electrons. The first-order valence-corrected chi connectivity index (χ1v) is 11.3. The Kier molecular flexibility index (Phi) is 8.81. The van der Waals surface area contributed by atoms with Crippen molar-refractivity contribution in [2.45, 2.75) is 51.2 Å². The quantitative estimate of drug-likeness (QED) is 0.419. The molecule has 3 rings (SSSR count). The monoisotopic (exact) mass is 444 g/mol. The first-order valence-electron chi connectivity index (χ1n) is 11.3. The van der Waals surface area contributed by atoms with Crippen LogP contribution in [0, 0.1) is 5.82 Å². The summed E-state index contributed by atoms with van der Waals surface area (Å²) in [6.45, 7) is 4.69. The van der Waals surface area contributed by atoms with Gasteiger partial charge < -0.3 is 15.7 Å². The highest BCUT2D eigenvalue weighted by molar-refractivity contribution is 5.79. The van der Waals surface area contributed by atoms with E-state index in [4.69, 9.17) is 0 Å². The number of allylic oxidation sites excluding steroid dienone is 2. The minimum absolute atomic E-state index is 0.162. The highest BCUT2D eigenvalue weighted by Gasteiger charge is 2.22. The zero-order valence-corrected chi connectivity index (χ0v) is 18.6. The molecule has 32 heavy (non-hydrogen) atoms. The number of halogens is 1. The summed E-state index contributed by atoms with van der Waals surface area (Å²) in [6.07, 6.45) is 8.17. The molecule has 0 aromatic heterocycles. The van der Waals surface area contributed by atoms with Crippen LogP contribution in [-0.2, 0) is 9.59 Å². The van der Waals surface area contributed by atoms with Crippen LogP contribution in [-0.4, -0.2) is 54.2 Å². The van der Waals surface area contributed by atoms with Gasteiger partial charge in [-0.1, -0.05) is 25.1 Å². The molecule has 0 spiro atoms. The molecule has 2 aliphatic rings. The van der Waals surface area contributed by atoms with Gasteiger partial charge in [-0.05, 0) is 68.1 Å². The molecule has 1 unspecified atom stereocenters. The van der Waals surface area contributed by atoms with E-state index in [0.717, 1.165) is 44.5 Å². The number of carbonyl (C=O) groups excluding carboxylic acids is 1. The molecule has 0 aliphatic carbocycles. The summed E-state index contributed by atoms with van der Waals surface area (Å²) >= 11 is 0. The van der Waals surface area contributed by atoms with Crippen LogP contribution >= 0.6 is 0 Å². The number of hydrogen-bond donors (Lipinski definition) is 4. The topological polar surface area (TPSA) is 93.7 Å². The van der Waals surface area contributed by atoms with E-state index in [9.17, 15) is 19.1 Å². The smallest absolute Gasteiger partial charge is 0.305 e. The largest absolute Gasteiger partial charge is 0.481 e. The number of aliphatic carboxylic acids is 1. The summed E-state index contributed by atoms with van der Waals surface area (Å²) in [7, 11) is 0. The van der Waals surface area contributed by atoms with Crippen LogP contribution in [0.3, 0.4) is 0 Å². The molecule has 1 amide bonds. The van der Waals surface area contributed by atoms with Crippen molar-refractivity contribution in [3.63, 3.8) is 0 Å². The van der Waals surface area contributed by atoms with E-state index in [1.165, 1.54) is 23.8 Å². The van der Waals surface area contributed by atoms with Gasteiger partial charge >= 0.3 is 5.97 Å². The molecule has 0 bridgehead atoms. The molecule has 2 aliphatic heterocycles. The molecular weight excluding hydrogens is 411 g/mol. The zero-order chi connectivity index (χ0) is 22.9. The number of rotatable bonds is 11. The minimum Gasteiger partial charge on any atom is -0.481 e. The van der Waals surface area contributed by atoms with E-state index < -0.39 is 17.8 Å². The lowest BCUT2D eigenvalue weighted by Gasteiger charge is -2.33. The predicted molar refractivity (Wildman–Crippen MR) is 121 cm³/mol. The van der Waals surface area contributed by atoms with Crippen molar-refractivity contribution in [3.05, 3.63) is 59.1 Å². The number of amides is 1. The fourth-order valence-electron chi connectivity index (χ4n) is 4.19. The van der Waals surface area contributed by atoms with E-state index in [1.54, 1.807) is 6.07 Å². The van der Waals surface area contributed by atoms with Crippen molar-refractivity contribution in [1.82, 2.24) is 20.9 Å². The number of carboxylic acids is 1. The van der Waals surface area contributed by atoms with Crippen molar-refractivity contribution in [2.75, 3.05) is 26.2 Å². The summed E-state index contributed by atoms with van der Waals surface area (Å²) in [6, 6.07) is 4.92. The highest BCUT2D eigenvalue weighted by Crippen LogP contribution is 2.20. The molecule has 1 aromatic carbocycles. The molecule has 2 atom stereocenters. The predicted octanol–water partition coefficient (Wildman–Crippen LogP) is 2.68. The maximum Gasteiger partial charge on any atom is 0.305 e. The summed E-state index contributed by atoms with van der Waals surface area (Å²) < 4.78 is 13.6. The maximum absolute atomic E-state index is 13.6. The summed E-state index contributed by atoms with van der Waals surface area (Å²) in [5.74, 6) is -1.78. The van der Waals surface area contributed by atoms with Gasteiger partial charge in [0.05, 0.1) is 25.2 Å². The van der Waals surface area contributed by atoms with Crippen LogP contribution in [0.1, 0.15) is 50.6 Å². The first kappa shape index (κ1) is 23.9. The van der Waals surface area contributed by atoms with Gasteiger partial charge in [-0.25, -0.2) is 4.39 Å². The summed E-state index contributed by atoms with van der Waals surface area (Å²) in [5, 5.41) is 19.0. The van der Waals surface area contributed by atoms with Crippen LogP contribution in [0.2, 0.25) is 0 Å². The number of fused-ring (bicyclic) bond motifs is 1. The fraction of sp³-hybridized carbons (Fsp3) is 0.500. The third kappa shape index (κ3) is 7.17. The summed E-state index contributed by atoms with van der Waals surface area (Å²) in [5.41, 5.74) is 2.96. The number of carboxylic acid groups (broad SMARTS) is 1. The van der Waals surface area contributed by atoms with Gasteiger partial charge in [0.2, 0.25) is 5.91 Å². The molecule has 2 heterocycles. The fourth-order valence-corrected chi connectivity index (χ4v) is 4.19. The maximum atomic E-state index is 13.6. The van der Waals surface area contributed by atoms with Crippen molar-refractivity contribution >= 4 is 11.9 Å². The van der Waals surface area contributed by atoms with Crippen molar-refractivity contribution in [2.24, 2.45) is 0 Å². The number of benzene rings is 1. The average Bonchev–Trinajstić information content (AvgIpc) is 2.76. The number of nitrogens with zero attached hydrogens (tertiary/aromatic N) is 1. The Bertz CT molecular complexity index is 871. The third-order valence-electron chi connectivity index (χ3n) is 5.76. The molecule has 4 N–H and O–H groups in total. The Morgan fingerprint density at radius 1 is 1.31 bits per heavy atom. The second-order valence-corrected chi connectivity index (χ2v) is 8.37. The Morgan fingerprint density at radius 2 is 2.16 bits per heavy atom. The molecule has 0 saturated carbocycles. The van der Waals surface area contributed by atoms with Crippen LogP contribution in [0.25, 0.3) is 0 Å². The third-order valence-corrected chi connectivity index (χ3v) is 5.76. The van der Waals surface area contributed by atoms with Crippen molar-refractivity contribution in [1.29, 1.82) is 0 Å². The standard InChI is InChI=1S/C24H33FN4O3/c1-2-12-29(13-10-20-9-8-17-6-4-11-26-24(17)27-20)16-22(30)28-21(15-23(31)32)18-5-3-7-19(25)14-18/h3,5,7-9,14,21,24,26-27H,2,4,6,10-13,15-16H2,1H3,(H,28,30)(H,31,32)/t21-,24?/m0/s1. The van der Waals surface area contributed by atoms with Gasteiger partial charge in [0, 0.05) is 12.2 Å². The van der Waals surface area contributed by atoms with E-state index in [-0.39, 0.29) is 25.0 Å². The van der Waals surface area contributed by atoms with Gasteiger partial charge in [-0.15, -0.1) is 0 Å². The highest BCUT2D eigenvalue weighted by atomic mass is 19.1. The Hall–Kier alpha value is -2.71. The average molecular weight is 445 g/mol. The second kappa shape index (κ2) is 11.8. The van der Waals surface area contributed by atoms with Crippen LogP contribution in [0.5, 0.6) is 0 Å². The van der Waals surface area contributed by atoms with E-state index >= 15 is 0 Å². The number of carbonyl (C=O) groups is 2. The van der Waals surface area contributed by atoms with E-state index in [1.807, 2.05) is 0 Å². The van der Waals surface area contributed by atoms with Gasteiger partial charge in [-0.2, -0.15) is 0 Å². The number of piperidine rings is 1. The molecule has 174 valence electrons. The Labute approximate surface area is 188 Å². The lowest BCUT2D eigenvalue weighted by molar-refractivity contribution is -0.137. The van der Waals surface area contributed by atoms with Gasteiger partial charge in [0.1, 0.15) is 5.82 Å². The van der Waals surface area contributed by atoms with E-state index in [2.05, 4.69) is 39.9 Å². The molecule has 8 heteroatoms.